The number of nitrogen functional groups attached to an aromatic ring is 1. The molecule has 0 aliphatic carbocycles. The van der Waals surface area contributed by atoms with Crippen molar-refractivity contribution in [2.45, 2.75) is 6.42 Å². The van der Waals surface area contributed by atoms with Gasteiger partial charge < -0.3 is 11.1 Å². The summed E-state index contributed by atoms with van der Waals surface area (Å²) in [4.78, 5) is 7.84. The van der Waals surface area contributed by atoms with Crippen molar-refractivity contribution in [3.63, 3.8) is 0 Å². The van der Waals surface area contributed by atoms with Gasteiger partial charge in [-0.3, -0.25) is 0 Å². The van der Waals surface area contributed by atoms with Gasteiger partial charge in [0, 0.05) is 13.0 Å². The molecule has 0 aliphatic rings. The van der Waals surface area contributed by atoms with Crippen LogP contribution in [-0.4, -0.2) is 16.5 Å². The van der Waals surface area contributed by atoms with Crippen molar-refractivity contribution in [3.8, 4) is 12.3 Å². The lowest BCUT2D eigenvalue weighted by atomic mass is 10.4. The molecular weight excluding hydrogens is 152 g/mol. The van der Waals surface area contributed by atoms with Crippen LogP contribution in [0.1, 0.15) is 6.42 Å². The lowest BCUT2D eigenvalue weighted by Crippen LogP contribution is -2.03. The first-order chi connectivity index (χ1) is 5.83. The zero-order valence-electron chi connectivity index (χ0n) is 6.62. The van der Waals surface area contributed by atoms with Gasteiger partial charge in [0.25, 0.3) is 0 Å². The molecule has 4 heteroatoms. The average molecular weight is 162 g/mol. The Morgan fingerprint density at radius 1 is 1.50 bits per heavy atom. The van der Waals surface area contributed by atoms with E-state index in [4.69, 9.17) is 12.2 Å². The summed E-state index contributed by atoms with van der Waals surface area (Å²) in [6.45, 7) is 0.703. The third kappa shape index (κ3) is 2.46. The molecular formula is C8H10N4. The van der Waals surface area contributed by atoms with Crippen LogP contribution in [0.4, 0.5) is 11.6 Å². The van der Waals surface area contributed by atoms with Crippen molar-refractivity contribution >= 4 is 11.6 Å². The highest BCUT2D eigenvalue weighted by Gasteiger charge is 1.91. The molecule has 0 saturated carbocycles. The fourth-order valence-electron chi connectivity index (χ4n) is 0.692. The fraction of sp³-hybridized carbons (Fsp3) is 0.250. The summed E-state index contributed by atoms with van der Waals surface area (Å²) in [5.41, 5.74) is 5.35. The highest BCUT2D eigenvalue weighted by Crippen LogP contribution is 2.00. The number of hydrogen-bond donors (Lipinski definition) is 2. The van der Waals surface area contributed by atoms with E-state index in [1.165, 1.54) is 6.20 Å². The summed E-state index contributed by atoms with van der Waals surface area (Å²) in [6.07, 6.45) is 8.82. The lowest BCUT2D eigenvalue weighted by Gasteiger charge is -2.01. The summed E-state index contributed by atoms with van der Waals surface area (Å²) in [7, 11) is 0. The van der Waals surface area contributed by atoms with Crippen LogP contribution in [0, 0.1) is 12.3 Å². The number of nitrogens with two attached hydrogens (primary N) is 1. The Kier molecular flexibility index (Phi) is 2.91. The van der Waals surface area contributed by atoms with E-state index < -0.39 is 0 Å². The topological polar surface area (TPSA) is 63.8 Å². The Bertz CT molecular complexity index is 272. The molecule has 0 atom stereocenters. The van der Waals surface area contributed by atoms with Crippen molar-refractivity contribution in [1.29, 1.82) is 0 Å². The van der Waals surface area contributed by atoms with Crippen LogP contribution in [0.15, 0.2) is 12.4 Å². The van der Waals surface area contributed by atoms with E-state index in [-0.39, 0.29) is 0 Å². The zero-order valence-corrected chi connectivity index (χ0v) is 6.62. The molecule has 0 amide bonds. The first-order valence-corrected chi connectivity index (χ1v) is 3.58. The van der Waals surface area contributed by atoms with E-state index in [9.17, 15) is 0 Å². The highest BCUT2D eigenvalue weighted by molar-refractivity contribution is 5.35. The molecule has 0 bridgehead atoms. The molecule has 1 aromatic rings. The standard InChI is InChI=1S/C8H10N4/c1-2-3-4-10-8-6-11-7(9)5-12-8/h1,5-6H,3-4H2,(H2,9,11)(H,10,12). The molecule has 62 valence electrons. The predicted molar refractivity (Wildman–Crippen MR) is 48.4 cm³/mol. The summed E-state index contributed by atoms with van der Waals surface area (Å²) in [5, 5.41) is 3.00. The van der Waals surface area contributed by atoms with E-state index in [0.29, 0.717) is 24.6 Å². The Labute approximate surface area is 71.2 Å². The minimum Gasteiger partial charge on any atom is -0.382 e. The SMILES string of the molecule is C#CCCNc1cnc(N)cn1. The van der Waals surface area contributed by atoms with Gasteiger partial charge in [-0.1, -0.05) is 0 Å². The fourth-order valence-corrected chi connectivity index (χ4v) is 0.692. The molecule has 4 nitrogen and oxygen atoms in total. The summed E-state index contributed by atoms with van der Waals surface area (Å²) >= 11 is 0. The second kappa shape index (κ2) is 4.19. The van der Waals surface area contributed by atoms with Gasteiger partial charge in [0.1, 0.15) is 11.6 Å². The summed E-state index contributed by atoms with van der Waals surface area (Å²) in [6, 6.07) is 0. The first-order valence-electron chi connectivity index (χ1n) is 3.58. The second-order valence-electron chi connectivity index (χ2n) is 2.21. The maximum absolute atomic E-state index is 5.35. The van der Waals surface area contributed by atoms with E-state index in [2.05, 4.69) is 21.2 Å². The van der Waals surface area contributed by atoms with Gasteiger partial charge >= 0.3 is 0 Å². The Morgan fingerprint density at radius 3 is 2.92 bits per heavy atom. The summed E-state index contributed by atoms with van der Waals surface area (Å²) in [5.74, 6) is 3.62. The van der Waals surface area contributed by atoms with E-state index in [1.54, 1.807) is 6.20 Å². The number of nitrogens with zero attached hydrogens (tertiary/aromatic N) is 2. The zero-order chi connectivity index (χ0) is 8.81. The molecule has 1 aromatic heterocycles. The number of aromatic nitrogens is 2. The van der Waals surface area contributed by atoms with Gasteiger partial charge in [0.05, 0.1) is 12.4 Å². The normalized spacial score (nSPS) is 8.92. The number of rotatable bonds is 3. The van der Waals surface area contributed by atoms with Gasteiger partial charge in [-0.25, -0.2) is 9.97 Å². The molecule has 0 saturated heterocycles. The minimum absolute atomic E-state index is 0.414. The smallest absolute Gasteiger partial charge is 0.144 e. The van der Waals surface area contributed by atoms with Crippen LogP contribution in [-0.2, 0) is 0 Å². The number of nitrogens with one attached hydrogen (secondary N) is 1. The van der Waals surface area contributed by atoms with Crippen molar-refractivity contribution in [1.82, 2.24) is 9.97 Å². The van der Waals surface area contributed by atoms with Crippen LogP contribution >= 0.6 is 0 Å². The molecule has 0 aliphatic heterocycles. The Balaban J connectivity index is 2.43. The van der Waals surface area contributed by atoms with E-state index in [1.807, 2.05) is 0 Å². The van der Waals surface area contributed by atoms with Crippen molar-refractivity contribution in [2.24, 2.45) is 0 Å². The van der Waals surface area contributed by atoms with Gasteiger partial charge in [0.2, 0.25) is 0 Å². The molecule has 3 N–H and O–H groups in total. The molecule has 0 spiro atoms. The maximum atomic E-state index is 5.35. The van der Waals surface area contributed by atoms with Crippen LogP contribution in [0.2, 0.25) is 0 Å². The molecule has 1 heterocycles. The van der Waals surface area contributed by atoms with Gasteiger partial charge in [0.15, 0.2) is 0 Å². The Morgan fingerprint density at radius 2 is 2.33 bits per heavy atom. The Hall–Kier alpha value is -1.76. The minimum atomic E-state index is 0.414. The monoisotopic (exact) mass is 162 g/mol. The third-order valence-corrected chi connectivity index (χ3v) is 1.25. The summed E-state index contributed by atoms with van der Waals surface area (Å²) < 4.78 is 0. The van der Waals surface area contributed by atoms with Crippen LogP contribution < -0.4 is 11.1 Å². The quantitative estimate of drug-likeness (QED) is 0.501. The van der Waals surface area contributed by atoms with Gasteiger partial charge in [-0.05, 0) is 0 Å². The predicted octanol–water partition coefficient (Wildman–Crippen LogP) is 0.494. The number of terminal acetylenes is 1. The van der Waals surface area contributed by atoms with Crippen molar-refractivity contribution < 1.29 is 0 Å². The highest BCUT2D eigenvalue weighted by atomic mass is 15.0. The molecule has 0 fully saturated rings. The van der Waals surface area contributed by atoms with Gasteiger partial charge in [-0.15, -0.1) is 12.3 Å². The molecule has 0 aromatic carbocycles. The van der Waals surface area contributed by atoms with Gasteiger partial charge in [-0.2, -0.15) is 0 Å². The average Bonchev–Trinajstić information content (AvgIpc) is 2.09. The lowest BCUT2D eigenvalue weighted by molar-refractivity contribution is 1.06. The molecule has 0 radical (unpaired) electrons. The maximum Gasteiger partial charge on any atom is 0.144 e. The van der Waals surface area contributed by atoms with Crippen LogP contribution in [0.5, 0.6) is 0 Å². The number of anilines is 2. The first kappa shape index (κ1) is 8.34. The molecule has 12 heavy (non-hydrogen) atoms. The number of hydrogen-bond acceptors (Lipinski definition) is 4. The third-order valence-electron chi connectivity index (χ3n) is 1.25. The molecule has 1 rings (SSSR count). The second-order valence-corrected chi connectivity index (χ2v) is 2.21. The van der Waals surface area contributed by atoms with Crippen LogP contribution in [0.3, 0.4) is 0 Å². The van der Waals surface area contributed by atoms with Crippen molar-refractivity contribution in [2.75, 3.05) is 17.6 Å². The largest absolute Gasteiger partial charge is 0.382 e. The van der Waals surface area contributed by atoms with E-state index in [0.717, 1.165) is 0 Å². The van der Waals surface area contributed by atoms with E-state index >= 15 is 0 Å². The molecule has 0 unspecified atom stereocenters. The van der Waals surface area contributed by atoms with Crippen molar-refractivity contribution in [3.05, 3.63) is 12.4 Å². The van der Waals surface area contributed by atoms with Crippen LogP contribution in [0.25, 0.3) is 0 Å².